The molecule has 3 aromatic rings. The van der Waals surface area contributed by atoms with Gasteiger partial charge in [0.1, 0.15) is 17.5 Å². The number of rotatable bonds is 2. The maximum atomic E-state index is 13.8. The highest BCUT2D eigenvalue weighted by molar-refractivity contribution is 14.1. The van der Waals surface area contributed by atoms with Crippen LogP contribution in [0.5, 0.6) is 0 Å². The van der Waals surface area contributed by atoms with Crippen molar-refractivity contribution in [3.8, 4) is 5.69 Å². The van der Waals surface area contributed by atoms with Crippen molar-refractivity contribution in [1.82, 2.24) is 9.55 Å². The van der Waals surface area contributed by atoms with Gasteiger partial charge in [-0.25, -0.2) is 13.8 Å². The van der Waals surface area contributed by atoms with Gasteiger partial charge in [0.2, 0.25) is 0 Å². The number of halogens is 4. The van der Waals surface area contributed by atoms with Gasteiger partial charge in [-0.1, -0.05) is 6.07 Å². The Hall–Kier alpha value is -1.21. The van der Waals surface area contributed by atoms with Crippen molar-refractivity contribution in [2.24, 2.45) is 0 Å². The average molecular weight is 405 g/mol. The van der Waals surface area contributed by atoms with Crippen LogP contribution in [-0.2, 0) is 5.88 Å². The molecule has 0 radical (unpaired) electrons. The topological polar surface area (TPSA) is 17.8 Å². The summed E-state index contributed by atoms with van der Waals surface area (Å²) in [5, 5.41) is 0. The minimum Gasteiger partial charge on any atom is -0.295 e. The van der Waals surface area contributed by atoms with E-state index in [9.17, 15) is 8.78 Å². The number of nitrogens with zero attached hydrogens (tertiary/aromatic N) is 2. The Balaban J connectivity index is 2.35. The summed E-state index contributed by atoms with van der Waals surface area (Å²) in [6.45, 7) is 0. The fourth-order valence-corrected chi connectivity index (χ4v) is 2.75. The first-order valence-electron chi connectivity index (χ1n) is 5.78. The van der Waals surface area contributed by atoms with Gasteiger partial charge in [-0.15, -0.1) is 11.6 Å². The van der Waals surface area contributed by atoms with E-state index in [-0.39, 0.29) is 17.5 Å². The quantitative estimate of drug-likeness (QED) is 0.449. The van der Waals surface area contributed by atoms with Gasteiger partial charge in [-0.3, -0.25) is 4.57 Å². The molecule has 102 valence electrons. The molecule has 0 unspecified atom stereocenters. The Kier molecular flexibility index (Phi) is 3.64. The van der Waals surface area contributed by atoms with Crippen molar-refractivity contribution < 1.29 is 8.78 Å². The molecule has 2 aromatic carbocycles. The van der Waals surface area contributed by atoms with E-state index in [1.165, 1.54) is 18.2 Å². The second-order valence-electron chi connectivity index (χ2n) is 4.23. The van der Waals surface area contributed by atoms with Gasteiger partial charge >= 0.3 is 0 Å². The molecule has 0 atom stereocenters. The highest BCUT2D eigenvalue weighted by atomic mass is 127. The number of imidazole rings is 1. The largest absolute Gasteiger partial charge is 0.295 e. The zero-order valence-electron chi connectivity index (χ0n) is 10.1. The minimum atomic E-state index is -0.365. The van der Waals surface area contributed by atoms with E-state index in [0.717, 1.165) is 0 Å². The molecule has 1 aromatic heterocycles. The van der Waals surface area contributed by atoms with Gasteiger partial charge in [0.05, 0.1) is 26.2 Å². The first-order valence-corrected chi connectivity index (χ1v) is 7.40. The van der Waals surface area contributed by atoms with Crippen LogP contribution < -0.4 is 0 Å². The molecule has 0 saturated heterocycles. The third-order valence-electron chi connectivity index (χ3n) is 2.95. The van der Waals surface area contributed by atoms with Crippen LogP contribution in [0.2, 0.25) is 0 Å². The zero-order valence-corrected chi connectivity index (χ0v) is 13.0. The van der Waals surface area contributed by atoms with Crippen LogP contribution in [0.25, 0.3) is 16.7 Å². The average Bonchev–Trinajstić information content (AvgIpc) is 2.77. The molecule has 0 aliphatic heterocycles. The van der Waals surface area contributed by atoms with Gasteiger partial charge in [0.15, 0.2) is 0 Å². The van der Waals surface area contributed by atoms with Crippen molar-refractivity contribution >= 4 is 45.2 Å². The molecular formula is C14H8ClF2IN2. The standard InChI is InChI=1S/C14H8ClF2IN2/c15-7-14-19-12-6-11(18)10(17)5-13(12)20(14)9-3-1-2-8(16)4-9/h1-6H,7H2. The smallest absolute Gasteiger partial charge is 0.138 e. The van der Waals surface area contributed by atoms with Crippen LogP contribution in [0.3, 0.4) is 0 Å². The Labute approximate surface area is 132 Å². The predicted molar refractivity (Wildman–Crippen MR) is 83.3 cm³/mol. The van der Waals surface area contributed by atoms with Crippen LogP contribution in [-0.4, -0.2) is 9.55 Å². The lowest BCUT2D eigenvalue weighted by molar-refractivity contribution is 0.621. The van der Waals surface area contributed by atoms with E-state index >= 15 is 0 Å². The van der Waals surface area contributed by atoms with Crippen LogP contribution in [0.4, 0.5) is 8.78 Å². The van der Waals surface area contributed by atoms with E-state index in [0.29, 0.717) is 26.1 Å². The second kappa shape index (κ2) is 5.29. The predicted octanol–water partition coefficient (Wildman–Crippen LogP) is 4.65. The van der Waals surface area contributed by atoms with Crippen LogP contribution >= 0.6 is 34.2 Å². The Morgan fingerprint density at radius 2 is 2.00 bits per heavy atom. The molecule has 0 fully saturated rings. The summed E-state index contributed by atoms with van der Waals surface area (Å²) < 4.78 is 29.3. The van der Waals surface area contributed by atoms with Crippen molar-refractivity contribution in [1.29, 1.82) is 0 Å². The number of benzene rings is 2. The van der Waals surface area contributed by atoms with Crippen LogP contribution in [0.1, 0.15) is 5.82 Å². The van der Waals surface area contributed by atoms with E-state index in [2.05, 4.69) is 4.98 Å². The zero-order chi connectivity index (χ0) is 14.3. The molecule has 0 aliphatic rings. The van der Waals surface area contributed by atoms with Gasteiger partial charge in [-0.05, 0) is 46.9 Å². The third kappa shape index (κ3) is 2.29. The maximum absolute atomic E-state index is 13.8. The molecule has 1 heterocycles. The molecule has 20 heavy (non-hydrogen) atoms. The fraction of sp³-hybridized carbons (Fsp3) is 0.0714. The lowest BCUT2D eigenvalue weighted by atomic mass is 10.2. The lowest BCUT2D eigenvalue weighted by Gasteiger charge is -2.08. The van der Waals surface area contributed by atoms with Gasteiger partial charge in [-0.2, -0.15) is 0 Å². The highest BCUT2D eigenvalue weighted by Crippen LogP contribution is 2.26. The summed E-state index contributed by atoms with van der Waals surface area (Å²) in [5.41, 5.74) is 1.78. The number of alkyl halides is 1. The Morgan fingerprint density at radius 3 is 2.70 bits per heavy atom. The SMILES string of the molecule is Fc1cccc(-n2c(CCl)nc3cc(I)c(F)cc32)c1. The monoisotopic (exact) mass is 404 g/mol. The highest BCUT2D eigenvalue weighted by Gasteiger charge is 2.14. The molecule has 2 nitrogen and oxygen atoms in total. The summed E-state index contributed by atoms with van der Waals surface area (Å²) in [6, 6.07) is 9.09. The van der Waals surface area contributed by atoms with Gasteiger partial charge < -0.3 is 0 Å². The molecular weight excluding hydrogens is 397 g/mol. The third-order valence-corrected chi connectivity index (χ3v) is 4.02. The first-order chi connectivity index (χ1) is 9.60. The van der Waals surface area contributed by atoms with Crippen molar-refractivity contribution in [3.05, 3.63) is 57.4 Å². The van der Waals surface area contributed by atoms with Crippen molar-refractivity contribution in [3.63, 3.8) is 0 Å². The minimum absolute atomic E-state index is 0.156. The Bertz CT molecular complexity index is 801. The number of hydrogen-bond acceptors (Lipinski definition) is 1. The lowest BCUT2D eigenvalue weighted by Crippen LogP contribution is -2.00. The van der Waals surface area contributed by atoms with Crippen molar-refractivity contribution in [2.75, 3.05) is 0 Å². The molecule has 0 N–H and O–H groups in total. The van der Waals surface area contributed by atoms with E-state index < -0.39 is 0 Å². The first kappa shape index (κ1) is 13.8. The summed E-state index contributed by atoms with van der Waals surface area (Å²) in [5.74, 6) is 0.00457. The number of fused-ring (bicyclic) bond motifs is 1. The molecule has 0 aliphatic carbocycles. The molecule has 0 spiro atoms. The molecule has 6 heteroatoms. The Morgan fingerprint density at radius 1 is 1.20 bits per heavy atom. The van der Waals surface area contributed by atoms with Gasteiger partial charge in [0, 0.05) is 6.07 Å². The van der Waals surface area contributed by atoms with Crippen molar-refractivity contribution in [2.45, 2.75) is 5.88 Å². The molecule has 0 amide bonds. The van der Waals surface area contributed by atoms with E-state index in [4.69, 9.17) is 11.6 Å². The summed E-state index contributed by atoms with van der Waals surface area (Å²) in [4.78, 5) is 4.38. The second-order valence-corrected chi connectivity index (χ2v) is 5.66. The fourth-order valence-electron chi connectivity index (χ4n) is 2.12. The van der Waals surface area contributed by atoms with Gasteiger partial charge in [0.25, 0.3) is 0 Å². The number of hydrogen-bond donors (Lipinski definition) is 0. The molecule has 3 rings (SSSR count). The normalized spacial score (nSPS) is 11.2. The van der Waals surface area contributed by atoms with E-state index in [1.54, 1.807) is 22.8 Å². The summed E-state index contributed by atoms with van der Waals surface area (Å²) in [7, 11) is 0. The summed E-state index contributed by atoms with van der Waals surface area (Å²) >= 11 is 7.81. The number of aromatic nitrogens is 2. The molecule has 0 saturated carbocycles. The summed E-state index contributed by atoms with van der Waals surface area (Å²) in [6.07, 6.45) is 0. The van der Waals surface area contributed by atoms with Crippen LogP contribution in [0, 0.1) is 15.2 Å². The van der Waals surface area contributed by atoms with Crippen LogP contribution in [0.15, 0.2) is 36.4 Å². The molecule has 0 bridgehead atoms. The maximum Gasteiger partial charge on any atom is 0.138 e. The van der Waals surface area contributed by atoms with E-state index in [1.807, 2.05) is 22.6 Å².